The van der Waals surface area contributed by atoms with Crippen LogP contribution in [-0.2, 0) is 0 Å². The van der Waals surface area contributed by atoms with E-state index in [0.717, 1.165) is 0 Å². The van der Waals surface area contributed by atoms with Crippen molar-refractivity contribution in [2.24, 2.45) is 0 Å². The van der Waals surface area contributed by atoms with Gasteiger partial charge in [-0.25, -0.2) is 9.07 Å². The van der Waals surface area contributed by atoms with Gasteiger partial charge >= 0.3 is 6.61 Å². The third-order valence-corrected chi connectivity index (χ3v) is 5.72. The molecular weight excluding hydrogens is 487 g/mol. The van der Waals surface area contributed by atoms with Gasteiger partial charge in [0.05, 0.1) is 28.8 Å². The summed E-state index contributed by atoms with van der Waals surface area (Å²) >= 11 is 0. The van der Waals surface area contributed by atoms with Gasteiger partial charge in [-0.1, -0.05) is 12.1 Å². The third-order valence-electron chi connectivity index (χ3n) is 5.72. The molecule has 0 aliphatic carbocycles. The molecule has 3 aromatic carbocycles. The van der Waals surface area contributed by atoms with Crippen molar-refractivity contribution < 1.29 is 27.4 Å². The number of H-pyrrole nitrogens is 1. The largest absolute Gasteiger partial charge is 0.454 e. The number of nitrogens with two attached hydrogens (primary N) is 2. The van der Waals surface area contributed by atoms with Crippen LogP contribution in [0.25, 0.3) is 16.6 Å². The molecule has 0 aliphatic rings. The number of aryl methyl sites for hydroxylation is 1. The molecule has 0 atom stereocenters. The van der Waals surface area contributed by atoms with Crippen LogP contribution in [0.15, 0.2) is 66.9 Å². The minimum absolute atomic E-state index is 0.00113. The summed E-state index contributed by atoms with van der Waals surface area (Å²) in [6, 6.07) is 15.4. The summed E-state index contributed by atoms with van der Waals surface area (Å²) in [5.74, 6) is -0.493. The second-order valence-electron chi connectivity index (χ2n) is 8.21. The Morgan fingerprint density at radius 1 is 1.03 bits per heavy atom. The first-order valence-electron chi connectivity index (χ1n) is 11.0. The Hall–Kier alpha value is -4.93. The van der Waals surface area contributed by atoms with Crippen molar-refractivity contribution in [1.82, 2.24) is 14.8 Å². The summed E-state index contributed by atoms with van der Waals surface area (Å²) < 4.78 is 50.7. The van der Waals surface area contributed by atoms with Crippen molar-refractivity contribution >= 4 is 28.2 Å². The van der Waals surface area contributed by atoms with Crippen molar-refractivity contribution in [2.75, 3.05) is 11.5 Å². The van der Waals surface area contributed by atoms with E-state index in [1.54, 1.807) is 37.3 Å². The highest BCUT2D eigenvalue weighted by Crippen LogP contribution is 2.32. The van der Waals surface area contributed by atoms with E-state index >= 15 is 0 Å². The predicted molar refractivity (Wildman–Crippen MR) is 132 cm³/mol. The highest BCUT2D eigenvalue weighted by molar-refractivity contribution is 6.12. The number of anilines is 2. The van der Waals surface area contributed by atoms with Crippen LogP contribution in [0.4, 0.5) is 24.7 Å². The molecule has 11 heteroatoms. The van der Waals surface area contributed by atoms with Crippen molar-refractivity contribution in [1.29, 1.82) is 0 Å². The quantitative estimate of drug-likeness (QED) is 0.195. The standard InChI is InChI=1S/C26H20F3N5O3/c1-13-8-15(6-7-21(13)36-22-5-3-2-4-17(22)27)34-25(31)16(12-32-34)24(35)20-9-14-10-23(37-26(28)29)18(30)11-19(14)33-20/h2-12,26,33H,30-31H2,1H3. The van der Waals surface area contributed by atoms with E-state index in [0.29, 0.717) is 27.9 Å². The second-order valence-corrected chi connectivity index (χ2v) is 8.21. The van der Waals surface area contributed by atoms with Crippen LogP contribution >= 0.6 is 0 Å². The van der Waals surface area contributed by atoms with Gasteiger partial charge in [-0.05, 0) is 61.0 Å². The summed E-state index contributed by atoms with van der Waals surface area (Å²) in [5.41, 5.74) is 14.1. The van der Waals surface area contributed by atoms with Crippen LogP contribution in [0, 0.1) is 12.7 Å². The molecule has 2 aromatic heterocycles. The number of nitrogens with one attached hydrogen (secondary N) is 1. The van der Waals surface area contributed by atoms with E-state index in [1.165, 1.54) is 41.2 Å². The fourth-order valence-corrected chi connectivity index (χ4v) is 3.91. The molecule has 0 saturated carbocycles. The number of para-hydroxylation sites is 1. The molecular formula is C26H20F3N5O3. The molecule has 0 aliphatic heterocycles. The molecule has 0 saturated heterocycles. The minimum atomic E-state index is -3.03. The topological polar surface area (TPSA) is 121 Å². The maximum Gasteiger partial charge on any atom is 0.387 e. The lowest BCUT2D eigenvalue weighted by molar-refractivity contribution is -0.0492. The van der Waals surface area contributed by atoms with E-state index < -0.39 is 18.2 Å². The Balaban J connectivity index is 1.42. The Bertz CT molecular complexity index is 1640. The maximum absolute atomic E-state index is 13.9. The number of hydrogen-bond acceptors (Lipinski definition) is 6. The number of hydrogen-bond donors (Lipinski definition) is 3. The molecule has 0 spiro atoms. The lowest BCUT2D eigenvalue weighted by Crippen LogP contribution is -2.07. The lowest BCUT2D eigenvalue weighted by atomic mass is 10.1. The number of rotatable bonds is 7. The van der Waals surface area contributed by atoms with E-state index in [-0.39, 0.29) is 34.3 Å². The Morgan fingerprint density at radius 2 is 1.81 bits per heavy atom. The van der Waals surface area contributed by atoms with Crippen LogP contribution in [0.5, 0.6) is 17.2 Å². The van der Waals surface area contributed by atoms with Crippen molar-refractivity contribution in [3.8, 4) is 22.9 Å². The fraction of sp³-hybridized carbons (Fsp3) is 0.0769. The molecule has 5 aromatic rings. The lowest BCUT2D eigenvalue weighted by Gasteiger charge is -2.12. The van der Waals surface area contributed by atoms with Gasteiger partial charge in [0, 0.05) is 10.9 Å². The van der Waals surface area contributed by atoms with Gasteiger partial charge in [0.15, 0.2) is 11.6 Å². The third kappa shape index (κ3) is 4.54. The highest BCUT2D eigenvalue weighted by atomic mass is 19.3. The first-order valence-corrected chi connectivity index (χ1v) is 11.0. The zero-order valence-electron chi connectivity index (χ0n) is 19.3. The molecule has 0 fully saturated rings. The van der Waals surface area contributed by atoms with Gasteiger partial charge in [0.2, 0.25) is 5.78 Å². The Kier molecular flexibility index (Phi) is 5.96. The van der Waals surface area contributed by atoms with E-state index in [9.17, 15) is 18.0 Å². The number of nitrogen functional groups attached to an aromatic ring is 2. The van der Waals surface area contributed by atoms with Gasteiger partial charge in [0.1, 0.15) is 17.3 Å². The van der Waals surface area contributed by atoms with E-state index in [4.69, 9.17) is 16.2 Å². The number of alkyl halides is 2. The summed E-state index contributed by atoms with van der Waals surface area (Å²) in [7, 11) is 0. The van der Waals surface area contributed by atoms with Gasteiger partial charge in [0.25, 0.3) is 0 Å². The number of aromatic amines is 1. The molecule has 0 amide bonds. The monoisotopic (exact) mass is 507 g/mol. The number of halogens is 3. The summed E-state index contributed by atoms with van der Waals surface area (Å²) in [5, 5.41) is 4.71. The molecule has 188 valence electrons. The smallest absolute Gasteiger partial charge is 0.387 e. The number of benzene rings is 3. The zero-order valence-corrected chi connectivity index (χ0v) is 19.3. The average Bonchev–Trinajstić information content (AvgIpc) is 3.44. The number of nitrogens with zero attached hydrogens (tertiary/aromatic N) is 2. The molecule has 5 N–H and O–H groups in total. The van der Waals surface area contributed by atoms with Crippen LogP contribution in [-0.4, -0.2) is 27.2 Å². The number of ether oxygens (including phenoxy) is 2. The van der Waals surface area contributed by atoms with Gasteiger partial charge in [-0.3, -0.25) is 4.79 Å². The minimum Gasteiger partial charge on any atom is -0.454 e. The first-order chi connectivity index (χ1) is 17.7. The SMILES string of the molecule is Cc1cc(-n2ncc(C(=O)c3cc4cc(OC(F)F)c(N)cc4[nH]3)c2N)ccc1Oc1ccccc1F. The zero-order chi connectivity index (χ0) is 26.3. The van der Waals surface area contributed by atoms with Crippen LogP contribution < -0.4 is 20.9 Å². The van der Waals surface area contributed by atoms with Crippen molar-refractivity contribution in [2.45, 2.75) is 13.5 Å². The second kappa shape index (κ2) is 9.26. The highest BCUT2D eigenvalue weighted by Gasteiger charge is 2.21. The molecule has 8 nitrogen and oxygen atoms in total. The Labute approximate surface area is 208 Å². The summed E-state index contributed by atoms with van der Waals surface area (Å²) in [4.78, 5) is 16.1. The number of ketones is 1. The normalized spacial score (nSPS) is 11.3. The molecule has 0 bridgehead atoms. The van der Waals surface area contributed by atoms with Gasteiger partial charge in [-0.2, -0.15) is 13.9 Å². The van der Waals surface area contributed by atoms with Crippen LogP contribution in [0.3, 0.4) is 0 Å². The van der Waals surface area contributed by atoms with Crippen molar-refractivity contribution in [3.05, 3.63) is 89.5 Å². The maximum atomic E-state index is 13.9. The van der Waals surface area contributed by atoms with Crippen molar-refractivity contribution in [3.63, 3.8) is 0 Å². The summed E-state index contributed by atoms with van der Waals surface area (Å²) in [6.45, 7) is -1.25. The number of carbonyl (C=O) groups is 1. The number of aromatic nitrogens is 3. The molecule has 5 rings (SSSR count). The predicted octanol–water partition coefficient (Wildman–Crippen LogP) is 5.59. The molecule has 0 unspecified atom stereocenters. The van der Waals surface area contributed by atoms with Crippen LogP contribution in [0.2, 0.25) is 0 Å². The van der Waals surface area contributed by atoms with Gasteiger partial charge in [-0.15, -0.1) is 0 Å². The summed E-state index contributed by atoms with van der Waals surface area (Å²) in [6.07, 6.45) is 1.34. The fourth-order valence-electron chi connectivity index (χ4n) is 3.91. The van der Waals surface area contributed by atoms with E-state index in [1.807, 2.05) is 0 Å². The van der Waals surface area contributed by atoms with Gasteiger partial charge < -0.3 is 25.9 Å². The molecule has 0 radical (unpaired) electrons. The number of fused-ring (bicyclic) bond motifs is 1. The molecule has 2 heterocycles. The Morgan fingerprint density at radius 3 is 2.54 bits per heavy atom. The molecule has 37 heavy (non-hydrogen) atoms. The van der Waals surface area contributed by atoms with E-state index in [2.05, 4.69) is 14.8 Å². The first kappa shape index (κ1) is 23.8. The van der Waals surface area contributed by atoms with Crippen LogP contribution in [0.1, 0.15) is 21.6 Å². The average molecular weight is 507 g/mol. The number of carbonyl (C=O) groups excluding carboxylic acids is 1.